The first-order chi connectivity index (χ1) is 25.5. The summed E-state index contributed by atoms with van der Waals surface area (Å²) in [6.07, 6.45) is 6.17. The fourth-order valence-corrected chi connectivity index (χ4v) is 7.75. The molecule has 8 bridgehead atoms. The Hall–Kier alpha value is -6.71. The highest BCUT2D eigenvalue weighted by Crippen LogP contribution is 2.38. The lowest BCUT2D eigenvalue weighted by molar-refractivity contribution is 0.0697. The third-order valence-corrected chi connectivity index (χ3v) is 9.85. The van der Waals surface area contributed by atoms with Crippen molar-refractivity contribution in [2.24, 2.45) is 0 Å². The van der Waals surface area contributed by atoms with E-state index in [4.69, 9.17) is 9.97 Å². The molecule has 0 aliphatic carbocycles. The number of benzene rings is 3. The van der Waals surface area contributed by atoms with E-state index in [2.05, 4.69) is 130 Å². The van der Waals surface area contributed by atoms with Crippen molar-refractivity contribution in [3.63, 3.8) is 0 Å². The number of carboxylic acids is 1. The largest absolute Gasteiger partial charge is 0.478 e. The number of fused-ring (bicyclic) bond motifs is 8. The highest BCUT2D eigenvalue weighted by atomic mass is 16.4. The fraction of sp³-hybridized carbons (Fsp3) is 0.128. The van der Waals surface area contributed by atoms with Crippen molar-refractivity contribution in [1.82, 2.24) is 19.9 Å². The number of carboxylic acid groups (broad SMARTS) is 1. The van der Waals surface area contributed by atoms with Crippen LogP contribution in [0.3, 0.4) is 0 Å². The number of aromatic nitrogens is 4. The first kappa shape index (κ1) is 33.4. The van der Waals surface area contributed by atoms with Crippen molar-refractivity contribution in [3.8, 4) is 34.1 Å². The summed E-state index contributed by atoms with van der Waals surface area (Å²) in [5, 5.41) is 9.39. The molecule has 53 heavy (non-hydrogen) atoms. The van der Waals surface area contributed by atoms with E-state index in [0.29, 0.717) is 11.3 Å². The molecule has 0 fully saturated rings. The molecule has 6 heteroatoms. The molecule has 3 N–H and O–H groups in total. The first-order valence-electron chi connectivity index (χ1n) is 17.7. The number of hydrogen-bond acceptors (Lipinski definition) is 3. The minimum absolute atomic E-state index is 0.220. The van der Waals surface area contributed by atoms with Gasteiger partial charge in [0.05, 0.1) is 33.9 Å². The van der Waals surface area contributed by atoms with Gasteiger partial charge in [-0.15, -0.1) is 0 Å². The summed E-state index contributed by atoms with van der Waals surface area (Å²) in [7, 11) is 0. The second-order valence-electron chi connectivity index (χ2n) is 14.1. The summed E-state index contributed by atoms with van der Waals surface area (Å²) in [6, 6.07) is 28.1. The highest BCUT2D eigenvalue weighted by molar-refractivity contribution is 6.00. The number of allylic oxidation sites excluding steroid dienone is 1. The molecule has 0 saturated heterocycles. The number of H-pyrrole nitrogens is 2. The standard InChI is InChI=1S/C47H38N4O2/c1-26-19-28(3)43(29(4)20-26)45-38-16-13-35(48-38)24-36-14-17-40(49-36)46(44-30(5)21-27(2)22-31(44)6)42-23-34(41(51-42)25-37-15-18-39(45)50-37)12-9-32-7-10-33(11-8-32)47(52)53/h7-8,10-11,13-25,48-49H,1-6H3,(H,52,53). The predicted molar refractivity (Wildman–Crippen MR) is 217 cm³/mol. The van der Waals surface area contributed by atoms with Crippen LogP contribution in [-0.4, -0.2) is 31.0 Å². The number of hydrogen-bond donors (Lipinski definition) is 3. The van der Waals surface area contributed by atoms with Crippen LogP contribution in [0.15, 0.2) is 84.9 Å². The normalized spacial score (nSPS) is 12.0. The molecule has 8 rings (SSSR count). The van der Waals surface area contributed by atoms with Crippen LogP contribution in [0.4, 0.5) is 0 Å². The molecule has 0 saturated carbocycles. The topological polar surface area (TPSA) is 94.7 Å². The van der Waals surface area contributed by atoms with Gasteiger partial charge in [0.15, 0.2) is 0 Å². The Morgan fingerprint density at radius 2 is 1.13 bits per heavy atom. The maximum atomic E-state index is 11.5. The van der Waals surface area contributed by atoms with E-state index < -0.39 is 5.97 Å². The zero-order valence-corrected chi connectivity index (χ0v) is 30.6. The molecule has 0 unspecified atom stereocenters. The van der Waals surface area contributed by atoms with E-state index in [1.54, 1.807) is 24.3 Å². The summed E-state index contributed by atoms with van der Waals surface area (Å²) in [5.41, 5.74) is 20.1. The zero-order chi connectivity index (χ0) is 37.0. The van der Waals surface area contributed by atoms with Crippen molar-refractivity contribution in [2.45, 2.75) is 41.5 Å². The van der Waals surface area contributed by atoms with Crippen LogP contribution >= 0.6 is 0 Å². The molecule has 2 aliphatic heterocycles. The van der Waals surface area contributed by atoms with Crippen molar-refractivity contribution >= 4 is 51.8 Å². The molecule has 0 atom stereocenters. The fourth-order valence-electron chi connectivity index (χ4n) is 7.75. The molecule has 3 aromatic carbocycles. The number of aromatic carboxylic acids is 1. The third-order valence-electron chi connectivity index (χ3n) is 9.85. The van der Waals surface area contributed by atoms with Crippen molar-refractivity contribution in [3.05, 3.63) is 152 Å². The molecular formula is C47H38N4O2. The van der Waals surface area contributed by atoms with Gasteiger partial charge in [0.25, 0.3) is 0 Å². The maximum Gasteiger partial charge on any atom is 0.335 e. The van der Waals surface area contributed by atoms with Crippen molar-refractivity contribution in [1.29, 1.82) is 0 Å². The molecule has 258 valence electrons. The van der Waals surface area contributed by atoms with Gasteiger partial charge in [0.1, 0.15) is 0 Å². The minimum Gasteiger partial charge on any atom is -0.478 e. The number of nitrogens with zero attached hydrogens (tertiary/aromatic N) is 2. The van der Waals surface area contributed by atoms with E-state index >= 15 is 0 Å². The Bertz CT molecular complexity index is 2770. The van der Waals surface area contributed by atoms with Crippen molar-refractivity contribution < 1.29 is 9.90 Å². The van der Waals surface area contributed by atoms with Gasteiger partial charge in [-0.25, -0.2) is 14.8 Å². The Labute approximate surface area is 308 Å². The van der Waals surface area contributed by atoms with Gasteiger partial charge in [-0.3, -0.25) is 0 Å². The van der Waals surface area contributed by atoms with Gasteiger partial charge in [-0.2, -0.15) is 0 Å². The van der Waals surface area contributed by atoms with E-state index in [0.717, 1.165) is 78.1 Å². The lowest BCUT2D eigenvalue weighted by Crippen LogP contribution is -1.94. The number of nitrogens with one attached hydrogen (secondary N) is 2. The van der Waals surface area contributed by atoms with Crippen LogP contribution in [0, 0.1) is 53.4 Å². The minimum atomic E-state index is -0.970. The number of carbonyl (C=O) groups is 1. The van der Waals surface area contributed by atoms with E-state index in [1.807, 2.05) is 12.1 Å². The smallest absolute Gasteiger partial charge is 0.335 e. The first-order valence-corrected chi connectivity index (χ1v) is 17.7. The summed E-state index contributed by atoms with van der Waals surface area (Å²) >= 11 is 0. The Morgan fingerprint density at radius 3 is 1.68 bits per heavy atom. The quantitative estimate of drug-likeness (QED) is 0.161. The highest BCUT2D eigenvalue weighted by Gasteiger charge is 2.20. The second kappa shape index (κ2) is 13.1. The molecule has 2 aliphatic rings. The van der Waals surface area contributed by atoms with Crippen LogP contribution in [0.25, 0.3) is 68.1 Å². The summed E-state index contributed by atoms with van der Waals surface area (Å²) < 4.78 is 0. The molecule has 0 amide bonds. The maximum absolute atomic E-state index is 11.5. The zero-order valence-electron chi connectivity index (χ0n) is 30.6. The van der Waals surface area contributed by atoms with Crippen LogP contribution in [-0.2, 0) is 0 Å². The average molecular weight is 691 g/mol. The molecular weight excluding hydrogens is 653 g/mol. The predicted octanol–water partition coefficient (Wildman–Crippen LogP) is 11.0. The van der Waals surface area contributed by atoms with E-state index in [9.17, 15) is 9.90 Å². The monoisotopic (exact) mass is 690 g/mol. The summed E-state index contributed by atoms with van der Waals surface area (Å²) in [6.45, 7) is 12.9. The molecule has 0 radical (unpaired) electrons. The van der Waals surface area contributed by atoms with Crippen LogP contribution in [0.2, 0.25) is 0 Å². The Kier molecular flexibility index (Phi) is 8.28. The lowest BCUT2D eigenvalue weighted by atomic mass is 9.92. The van der Waals surface area contributed by atoms with Crippen LogP contribution in [0.1, 0.15) is 72.1 Å². The summed E-state index contributed by atoms with van der Waals surface area (Å²) in [5.74, 6) is 5.65. The second-order valence-corrected chi connectivity index (χ2v) is 14.1. The van der Waals surface area contributed by atoms with Crippen LogP contribution in [0.5, 0.6) is 0 Å². The Morgan fingerprint density at radius 1 is 0.585 bits per heavy atom. The van der Waals surface area contributed by atoms with Gasteiger partial charge in [-0.1, -0.05) is 47.2 Å². The average Bonchev–Trinajstić information content (AvgIpc) is 3.92. The summed E-state index contributed by atoms with van der Waals surface area (Å²) in [4.78, 5) is 29.3. The molecule has 6 aromatic rings. The lowest BCUT2D eigenvalue weighted by Gasteiger charge is -2.13. The molecule has 0 spiro atoms. The van der Waals surface area contributed by atoms with Gasteiger partial charge in [0, 0.05) is 38.8 Å². The van der Waals surface area contributed by atoms with Gasteiger partial charge in [-0.05, 0) is 154 Å². The number of rotatable bonds is 3. The molecule has 5 heterocycles. The van der Waals surface area contributed by atoms with E-state index in [1.165, 1.54) is 22.3 Å². The number of aryl methyl sites for hydroxylation is 6. The number of aromatic amines is 2. The molecule has 3 aromatic heterocycles. The molecule has 6 nitrogen and oxygen atoms in total. The van der Waals surface area contributed by atoms with E-state index in [-0.39, 0.29) is 5.56 Å². The van der Waals surface area contributed by atoms with Gasteiger partial charge >= 0.3 is 5.97 Å². The Balaban J connectivity index is 1.45. The van der Waals surface area contributed by atoms with Crippen molar-refractivity contribution in [2.75, 3.05) is 0 Å². The van der Waals surface area contributed by atoms with Gasteiger partial charge in [0.2, 0.25) is 0 Å². The third kappa shape index (κ3) is 6.39. The van der Waals surface area contributed by atoms with Crippen LogP contribution < -0.4 is 0 Å². The SMILES string of the molecule is Cc1cc(C)c(-c2c3nc(cc4nc(c(-c5c(C)cc(C)cc5C)c5ccc(cc6ccc2[nH]6)[nH]5)C=C4C#Cc2ccc(C(=O)O)cc2)C=C3)c(C)c1. The van der Waals surface area contributed by atoms with Gasteiger partial charge < -0.3 is 15.1 Å².